The zero-order valence-corrected chi connectivity index (χ0v) is 17.2. The fourth-order valence-corrected chi connectivity index (χ4v) is 4.14. The van der Waals surface area contributed by atoms with E-state index in [1.807, 2.05) is 12.1 Å². The highest BCUT2D eigenvalue weighted by molar-refractivity contribution is 6.30. The van der Waals surface area contributed by atoms with Gasteiger partial charge in [0.2, 0.25) is 11.8 Å². The molecule has 0 spiro atoms. The van der Waals surface area contributed by atoms with Crippen molar-refractivity contribution in [2.45, 2.75) is 44.1 Å². The molecule has 8 heteroatoms. The van der Waals surface area contributed by atoms with Crippen LogP contribution in [0.4, 0.5) is 0 Å². The summed E-state index contributed by atoms with van der Waals surface area (Å²) in [6.45, 7) is 2.14. The number of halogens is 1. The lowest BCUT2D eigenvalue weighted by Gasteiger charge is -2.31. The van der Waals surface area contributed by atoms with Crippen LogP contribution in [0.25, 0.3) is 0 Å². The second-order valence-corrected chi connectivity index (χ2v) is 8.28. The molecular formula is C21H28ClN3O4. The van der Waals surface area contributed by atoms with Crippen molar-refractivity contribution in [2.24, 2.45) is 5.92 Å². The van der Waals surface area contributed by atoms with E-state index in [9.17, 15) is 14.4 Å². The summed E-state index contributed by atoms with van der Waals surface area (Å²) in [7, 11) is 0. The Balaban J connectivity index is 1.61. The van der Waals surface area contributed by atoms with Crippen molar-refractivity contribution in [3.05, 3.63) is 34.9 Å². The topological polar surface area (TPSA) is 98.7 Å². The van der Waals surface area contributed by atoms with Gasteiger partial charge >= 0.3 is 5.97 Å². The second-order valence-electron chi connectivity index (χ2n) is 7.84. The standard InChI is InChI=1S/C21H28ClN3O4/c22-17-5-3-14(4-6-17)16(13-24-20(27)18-2-1-9-23-18)12-19(26)25-10-7-15(8-11-25)21(28)29/h3-6,15-16,18,23H,1-2,7-13H2,(H,24,27)(H,28,29)/t16?,18-/m0/s1. The molecule has 2 aliphatic rings. The van der Waals surface area contributed by atoms with Crippen molar-refractivity contribution in [3.8, 4) is 0 Å². The Bertz CT molecular complexity index is 726. The lowest BCUT2D eigenvalue weighted by molar-refractivity contribution is -0.145. The quantitative estimate of drug-likeness (QED) is 0.625. The smallest absolute Gasteiger partial charge is 0.306 e. The number of hydrogen-bond acceptors (Lipinski definition) is 4. The van der Waals surface area contributed by atoms with Crippen molar-refractivity contribution < 1.29 is 19.5 Å². The third kappa shape index (κ3) is 5.93. The lowest BCUT2D eigenvalue weighted by Crippen LogP contribution is -2.43. The molecule has 2 fully saturated rings. The van der Waals surface area contributed by atoms with Gasteiger partial charge in [0, 0.05) is 37.0 Å². The molecule has 0 aliphatic carbocycles. The number of hydrogen-bond donors (Lipinski definition) is 3. The van der Waals surface area contributed by atoms with E-state index in [-0.39, 0.29) is 36.1 Å². The van der Waals surface area contributed by atoms with Crippen molar-refractivity contribution in [2.75, 3.05) is 26.2 Å². The SMILES string of the molecule is O=C(O)C1CCN(C(=O)CC(CNC(=O)[C@@H]2CCCN2)c2ccc(Cl)cc2)CC1. The number of amides is 2. The van der Waals surface area contributed by atoms with Crippen LogP contribution in [0, 0.1) is 5.92 Å². The summed E-state index contributed by atoms with van der Waals surface area (Å²) >= 11 is 6.00. The summed E-state index contributed by atoms with van der Waals surface area (Å²) in [5.41, 5.74) is 0.947. The van der Waals surface area contributed by atoms with Gasteiger partial charge in [0.1, 0.15) is 0 Å². The first-order valence-electron chi connectivity index (χ1n) is 10.2. The third-order valence-corrected chi connectivity index (χ3v) is 6.11. The largest absolute Gasteiger partial charge is 0.481 e. The van der Waals surface area contributed by atoms with Crippen LogP contribution in [0.15, 0.2) is 24.3 Å². The Morgan fingerprint density at radius 2 is 1.86 bits per heavy atom. The van der Waals surface area contributed by atoms with Crippen LogP contribution in [0.1, 0.15) is 43.6 Å². The number of carbonyl (C=O) groups is 3. The Morgan fingerprint density at radius 3 is 2.45 bits per heavy atom. The van der Waals surface area contributed by atoms with Gasteiger partial charge in [-0.1, -0.05) is 23.7 Å². The Labute approximate surface area is 175 Å². The number of carbonyl (C=O) groups excluding carboxylic acids is 2. The number of piperidine rings is 1. The van der Waals surface area contributed by atoms with Crippen LogP contribution < -0.4 is 10.6 Å². The van der Waals surface area contributed by atoms with E-state index in [1.54, 1.807) is 17.0 Å². The number of nitrogens with one attached hydrogen (secondary N) is 2. The maximum atomic E-state index is 12.9. The number of carboxylic acid groups (broad SMARTS) is 1. The molecule has 2 amide bonds. The first-order chi connectivity index (χ1) is 13.9. The lowest BCUT2D eigenvalue weighted by atomic mass is 9.93. The molecule has 2 saturated heterocycles. The average molecular weight is 422 g/mol. The van der Waals surface area contributed by atoms with E-state index >= 15 is 0 Å². The number of rotatable bonds is 7. The number of likely N-dealkylation sites (tertiary alicyclic amines) is 1. The van der Waals surface area contributed by atoms with Gasteiger partial charge < -0.3 is 20.6 Å². The molecule has 2 atom stereocenters. The van der Waals surface area contributed by atoms with Gasteiger partial charge in [-0.15, -0.1) is 0 Å². The maximum Gasteiger partial charge on any atom is 0.306 e. The highest BCUT2D eigenvalue weighted by atomic mass is 35.5. The zero-order chi connectivity index (χ0) is 20.8. The van der Waals surface area contributed by atoms with Crippen LogP contribution in [0.5, 0.6) is 0 Å². The molecule has 29 heavy (non-hydrogen) atoms. The molecule has 2 heterocycles. The number of nitrogens with zero attached hydrogens (tertiary/aromatic N) is 1. The Morgan fingerprint density at radius 1 is 1.17 bits per heavy atom. The van der Waals surface area contributed by atoms with Crippen LogP contribution in [0.3, 0.4) is 0 Å². The predicted molar refractivity (Wildman–Crippen MR) is 110 cm³/mol. The minimum Gasteiger partial charge on any atom is -0.481 e. The molecule has 3 N–H and O–H groups in total. The molecule has 158 valence electrons. The van der Waals surface area contributed by atoms with E-state index in [4.69, 9.17) is 16.7 Å². The molecule has 2 aliphatic heterocycles. The first kappa shape index (κ1) is 21.6. The van der Waals surface area contributed by atoms with Gasteiger partial charge in [-0.25, -0.2) is 0 Å². The summed E-state index contributed by atoms with van der Waals surface area (Å²) < 4.78 is 0. The van der Waals surface area contributed by atoms with Crippen LogP contribution in [-0.4, -0.2) is 60.0 Å². The maximum absolute atomic E-state index is 12.9. The van der Waals surface area contributed by atoms with Crippen molar-refractivity contribution in [1.29, 1.82) is 0 Å². The van der Waals surface area contributed by atoms with Gasteiger partial charge in [0.15, 0.2) is 0 Å². The molecule has 0 radical (unpaired) electrons. The van der Waals surface area contributed by atoms with E-state index in [0.29, 0.717) is 37.5 Å². The van der Waals surface area contributed by atoms with Crippen molar-refractivity contribution >= 4 is 29.4 Å². The molecule has 0 saturated carbocycles. The van der Waals surface area contributed by atoms with E-state index < -0.39 is 5.97 Å². The summed E-state index contributed by atoms with van der Waals surface area (Å²) in [4.78, 5) is 38.1. The fourth-order valence-electron chi connectivity index (χ4n) is 4.01. The summed E-state index contributed by atoms with van der Waals surface area (Å²) in [6, 6.07) is 7.18. The summed E-state index contributed by atoms with van der Waals surface area (Å²) in [6.07, 6.45) is 3.05. The van der Waals surface area contributed by atoms with Gasteiger partial charge in [0.05, 0.1) is 12.0 Å². The van der Waals surface area contributed by atoms with Crippen LogP contribution >= 0.6 is 11.6 Å². The monoisotopic (exact) mass is 421 g/mol. The van der Waals surface area contributed by atoms with Gasteiger partial charge in [-0.05, 0) is 49.9 Å². The Hall–Kier alpha value is -2.12. The summed E-state index contributed by atoms with van der Waals surface area (Å²) in [5.74, 6) is -1.37. The molecule has 1 aromatic carbocycles. The number of carboxylic acids is 1. The molecule has 3 rings (SSSR count). The predicted octanol–water partition coefficient (Wildman–Crippen LogP) is 2.01. The van der Waals surface area contributed by atoms with Gasteiger partial charge in [-0.3, -0.25) is 14.4 Å². The zero-order valence-electron chi connectivity index (χ0n) is 16.4. The van der Waals surface area contributed by atoms with Crippen molar-refractivity contribution in [3.63, 3.8) is 0 Å². The van der Waals surface area contributed by atoms with Crippen molar-refractivity contribution in [1.82, 2.24) is 15.5 Å². The molecule has 0 aromatic heterocycles. The summed E-state index contributed by atoms with van der Waals surface area (Å²) in [5, 5.41) is 15.9. The highest BCUT2D eigenvalue weighted by Crippen LogP contribution is 2.24. The molecule has 0 bridgehead atoms. The first-order valence-corrected chi connectivity index (χ1v) is 10.6. The number of aliphatic carboxylic acids is 1. The molecule has 1 aromatic rings. The number of benzene rings is 1. The Kier molecular flexibility index (Phi) is 7.50. The third-order valence-electron chi connectivity index (χ3n) is 5.86. The molecule has 7 nitrogen and oxygen atoms in total. The molecular weight excluding hydrogens is 394 g/mol. The van der Waals surface area contributed by atoms with Gasteiger partial charge in [0.25, 0.3) is 0 Å². The van der Waals surface area contributed by atoms with E-state index in [2.05, 4.69) is 10.6 Å². The van der Waals surface area contributed by atoms with Crippen LogP contribution in [0.2, 0.25) is 5.02 Å². The minimum absolute atomic E-state index is 0.0120. The molecule has 1 unspecified atom stereocenters. The normalized spacial score (nSPS) is 21.0. The minimum atomic E-state index is -0.792. The second kappa shape index (κ2) is 10.1. The fraction of sp³-hybridized carbons (Fsp3) is 0.571. The van der Waals surface area contributed by atoms with E-state index in [1.165, 1.54) is 0 Å². The highest BCUT2D eigenvalue weighted by Gasteiger charge is 2.29. The van der Waals surface area contributed by atoms with Crippen LogP contribution in [-0.2, 0) is 14.4 Å². The van der Waals surface area contributed by atoms with Gasteiger partial charge in [-0.2, -0.15) is 0 Å². The average Bonchev–Trinajstić information content (AvgIpc) is 3.26. The van der Waals surface area contributed by atoms with E-state index in [0.717, 1.165) is 24.9 Å².